The lowest BCUT2D eigenvalue weighted by Gasteiger charge is -2.32. The smallest absolute Gasteiger partial charge is 0.315 e. The predicted octanol–water partition coefficient (Wildman–Crippen LogP) is 3.06. The van der Waals surface area contributed by atoms with Crippen LogP contribution in [0.25, 0.3) is 0 Å². The van der Waals surface area contributed by atoms with Gasteiger partial charge in [0.1, 0.15) is 5.92 Å². The van der Waals surface area contributed by atoms with Crippen molar-refractivity contribution < 1.29 is 9.90 Å². The molecular formula is C21H22N2O2S. The molecule has 2 unspecified atom stereocenters. The van der Waals surface area contributed by atoms with Crippen LogP contribution in [0.3, 0.4) is 0 Å². The number of hydrogen-bond acceptors (Lipinski definition) is 4. The monoisotopic (exact) mass is 366 g/mol. The molecular weight excluding hydrogens is 344 g/mol. The molecule has 2 atom stereocenters. The molecule has 1 aromatic rings. The molecule has 5 heteroatoms. The first kappa shape index (κ1) is 17.0. The van der Waals surface area contributed by atoms with Gasteiger partial charge in [-0.3, -0.25) is 4.79 Å². The molecule has 0 amide bonds. The summed E-state index contributed by atoms with van der Waals surface area (Å²) in [5.41, 5.74) is 5.02. The summed E-state index contributed by atoms with van der Waals surface area (Å²) in [5, 5.41) is 12.7. The summed E-state index contributed by atoms with van der Waals surface area (Å²) >= 11 is 5.68. The maximum Gasteiger partial charge on any atom is 0.315 e. The molecule has 1 aromatic carbocycles. The number of carboxylic acid groups (broad SMARTS) is 1. The highest BCUT2D eigenvalue weighted by Crippen LogP contribution is 2.36. The molecule has 4 rings (SSSR count). The zero-order valence-electron chi connectivity index (χ0n) is 14.5. The first-order valence-corrected chi connectivity index (χ1v) is 9.43. The number of nitrogens with one attached hydrogen (secondary N) is 1. The van der Waals surface area contributed by atoms with Crippen molar-refractivity contribution >= 4 is 23.1 Å². The minimum absolute atomic E-state index is 0.291. The average molecular weight is 366 g/mol. The number of carboxylic acids is 1. The van der Waals surface area contributed by atoms with Crippen molar-refractivity contribution in [3.05, 3.63) is 71.1 Å². The van der Waals surface area contributed by atoms with E-state index in [1.807, 2.05) is 18.5 Å². The second kappa shape index (κ2) is 7.08. The van der Waals surface area contributed by atoms with Crippen LogP contribution in [0.4, 0.5) is 0 Å². The number of benzene rings is 1. The van der Waals surface area contributed by atoms with E-state index >= 15 is 0 Å². The second-order valence-electron chi connectivity index (χ2n) is 7.11. The van der Waals surface area contributed by atoms with E-state index in [-0.39, 0.29) is 0 Å². The zero-order valence-corrected chi connectivity index (χ0v) is 15.3. The molecule has 0 radical (unpaired) electrons. The Kier molecular flexibility index (Phi) is 4.64. The molecule has 26 heavy (non-hydrogen) atoms. The van der Waals surface area contributed by atoms with Crippen molar-refractivity contribution in [2.45, 2.75) is 19.3 Å². The minimum atomic E-state index is -0.859. The minimum Gasteiger partial charge on any atom is -0.481 e. The first-order valence-electron chi connectivity index (χ1n) is 9.02. The van der Waals surface area contributed by atoms with Gasteiger partial charge >= 0.3 is 5.97 Å². The highest BCUT2D eigenvalue weighted by Gasteiger charge is 2.33. The molecule has 134 valence electrons. The largest absolute Gasteiger partial charge is 0.481 e. The van der Waals surface area contributed by atoms with Crippen molar-refractivity contribution in [1.29, 1.82) is 0 Å². The molecule has 1 heterocycles. The molecule has 1 aliphatic heterocycles. The highest BCUT2D eigenvalue weighted by molar-refractivity contribution is 7.81. The molecule has 2 aliphatic carbocycles. The van der Waals surface area contributed by atoms with Crippen molar-refractivity contribution in [2.75, 3.05) is 13.2 Å². The zero-order chi connectivity index (χ0) is 18.1. The predicted molar refractivity (Wildman–Crippen MR) is 106 cm³/mol. The van der Waals surface area contributed by atoms with Gasteiger partial charge < -0.3 is 15.3 Å². The summed E-state index contributed by atoms with van der Waals surface area (Å²) in [6.07, 6.45) is 10.7. The molecule has 0 bridgehead atoms. The molecule has 0 saturated heterocycles. The van der Waals surface area contributed by atoms with Gasteiger partial charge in [-0.2, -0.15) is 0 Å². The van der Waals surface area contributed by atoms with Crippen LogP contribution in [0.1, 0.15) is 17.5 Å². The number of thiocarbonyl (C=S) groups is 1. The van der Waals surface area contributed by atoms with E-state index in [1.165, 1.54) is 11.1 Å². The molecule has 0 saturated carbocycles. The Hall–Kier alpha value is -2.40. The molecule has 0 spiro atoms. The van der Waals surface area contributed by atoms with E-state index in [0.717, 1.165) is 43.6 Å². The Labute approximate surface area is 158 Å². The van der Waals surface area contributed by atoms with Gasteiger partial charge in [0.15, 0.2) is 0 Å². The van der Waals surface area contributed by atoms with Crippen molar-refractivity contribution in [3.63, 3.8) is 0 Å². The Balaban J connectivity index is 1.68. The quantitative estimate of drug-likeness (QED) is 0.802. The van der Waals surface area contributed by atoms with Gasteiger partial charge in [-0.25, -0.2) is 0 Å². The van der Waals surface area contributed by atoms with E-state index in [1.54, 1.807) is 6.08 Å². The average Bonchev–Trinajstić information content (AvgIpc) is 3.14. The van der Waals surface area contributed by atoms with Crippen LogP contribution >= 0.6 is 12.2 Å². The van der Waals surface area contributed by atoms with Gasteiger partial charge in [0, 0.05) is 23.8 Å². The van der Waals surface area contributed by atoms with Crippen LogP contribution < -0.4 is 5.32 Å². The van der Waals surface area contributed by atoms with E-state index in [0.29, 0.717) is 10.8 Å². The second-order valence-corrected chi connectivity index (χ2v) is 7.55. The standard InChI is InChI=1S/C21H22N2O2S/c24-21(25)18-8-7-17(12-23-10-9-22-13-23)19(20(18)26)16-6-5-14-3-1-2-4-15(14)11-16/h1-4,7-10,16,18,22H,5-6,11-13H2,(H,24,25). The van der Waals surface area contributed by atoms with Gasteiger partial charge in [0.25, 0.3) is 0 Å². The van der Waals surface area contributed by atoms with Crippen molar-refractivity contribution in [3.8, 4) is 0 Å². The number of hydrogen-bond donors (Lipinski definition) is 2. The number of nitrogens with zero attached hydrogens (tertiary/aromatic N) is 1. The fourth-order valence-corrected chi connectivity index (χ4v) is 4.64. The summed E-state index contributed by atoms with van der Waals surface area (Å²) in [6, 6.07) is 8.55. The first-order chi connectivity index (χ1) is 12.6. The Morgan fingerprint density at radius 3 is 2.85 bits per heavy atom. The molecule has 2 N–H and O–H groups in total. The number of fused-ring (bicyclic) bond motifs is 1. The lowest BCUT2D eigenvalue weighted by molar-refractivity contribution is -0.138. The normalized spacial score (nSPS) is 24.6. The lowest BCUT2D eigenvalue weighted by Crippen LogP contribution is -2.33. The van der Waals surface area contributed by atoms with Crippen LogP contribution in [0.15, 0.2) is 60.0 Å². The third kappa shape index (κ3) is 3.19. The summed E-state index contributed by atoms with van der Waals surface area (Å²) in [6.45, 7) is 1.52. The molecule has 0 fully saturated rings. The molecule has 0 aromatic heterocycles. The van der Waals surface area contributed by atoms with Gasteiger partial charge in [0.05, 0.1) is 6.67 Å². The van der Waals surface area contributed by atoms with E-state index in [2.05, 4.69) is 34.5 Å². The summed E-state index contributed by atoms with van der Waals surface area (Å²) in [5.74, 6) is -1.26. The summed E-state index contributed by atoms with van der Waals surface area (Å²) in [4.78, 5) is 14.4. The van der Waals surface area contributed by atoms with E-state index in [4.69, 9.17) is 12.2 Å². The van der Waals surface area contributed by atoms with Gasteiger partial charge in [-0.15, -0.1) is 0 Å². The Morgan fingerprint density at radius 1 is 1.31 bits per heavy atom. The number of allylic oxidation sites excluding steroid dienone is 1. The third-order valence-electron chi connectivity index (χ3n) is 5.48. The summed E-state index contributed by atoms with van der Waals surface area (Å²) in [7, 11) is 0. The Bertz CT molecular complexity index is 840. The highest BCUT2D eigenvalue weighted by atomic mass is 32.1. The van der Waals surface area contributed by atoms with Crippen molar-refractivity contribution in [1.82, 2.24) is 10.2 Å². The molecule has 4 nitrogen and oxygen atoms in total. The maximum atomic E-state index is 11.6. The van der Waals surface area contributed by atoms with Gasteiger partial charge in [-0.1, -0.05) is 48.6 Å². The number of aryl methyl sites for hydroxylation is 1. The Morgan fingerprint density at radius 2 is 2.12 bits per heavy atom. The molecule has 3 aliphatic rings. The number of rotatable bonds is 4. The van der Waals surface area contributed by atoms with Crippen LogP contribution in [-0.2, 0) is 17.6 Å². The van der Waals surface area contributed by atoms with Crippen LogP contribution in [0.5, 0.6) is 0 Å². The van der Waals surface area contributed by atoms with Gasteiger partial charge in [0.2, 0.25) is 0 Å². The number of aliphatic carboxylic acids is 1. The lowest BCUT2D eigenvalue weighted by atomic mass is 9.74. The summed E-state index contributed by atoms with van der Waals surface area (Å²) < 4.78 is 0. The van der Waals surface area contributed by atoms with Crippen LogP contribution in [0, 0.1) is 11.8 Å². The van der Waals surface area contributed by atoms with Crippen LogP contribution in [-0.4, -0.2) is 34.1 Å². The fourth-order valence-electron chi connectivity index (χ4n) is 4.16. The van der Waals surface area contributed by atoms with E-state index in [9.17, 15) is 9.90 Å². The SMILES string of the molecule is O=C(O)C1C=CC(CN2C=CNC2)=C(C2CCc3ccccc3C2)C1=S. The number of carbonyl (C=O) groups is 1. The fraction of sp³-hybridized carbons (Fsp3) is 0.333. The maximum absolute atomic E-state index is 11.6. The van der Waals surface area contributed by atoms with Crippen LogP contribution in [0.2, 0.25) is 0 Å². The van der Waals surface area contributed by atoms with Gasteiger partial charge in [-0.05, 0) is 47.5 Å². The van der Waals surface area contributed by atoms with E-state index < -0.39 is 11.9 Å². The topological polar surface area (TPSA) is 52.6 Å². The van der Waals surface area contributed by atoms with Crippen molar-refractivity contribution in [2.24, 2.45) is 11.8 Å². The third-order valence-corrected chi connectivity index (χ3v) is 5.95.